The van der Waals surface area contributed by atoms with E-state index in [1.54, 1.807) is 0 Å². The average Bonchev–Trinajstić information content (AvgIpc) is 2.65. The van der Waals surface area contributed by atoms with Crippen molar-refractivity contribution in [1.82, 2.24) is 0 Å². The number of aliphatic hydroxyl groups is 3. The average molecular weight is 294 g/mol. The molecule has 3 N–H and O–H groups in total. The molecule has 4 atom stereocenters. The summed E-state index contributed by atoms with van der Waals surface area (Å²) in [5.74, 6) is -0.518. The summed E-state index contributed by atoms with van der Waals surface area (Å²) >= 11 is 0. The van der Waals surface area contributed by atoms with Gasteiger partial charge in [0, 0.05) is 19.4 Å². The minimum Gasteiger partial charge on any atom is -0.459 e. The zero-order valence-corrected chi connectivity index (χ0v) is 11.9. The lowest BCUT2D eigenvalue weighted by molar-refractivity contribution is -0.311. The highest BCUT2D eigenvalue weighted by Crippen LogP contribution is 2.40. The van der Waals surface area contributed by atoms with Gasteiger partial charge in [-0.3, -0.25) is 0 Å². The predicted octanol–water partition coefficient (Wildman–Crippen LogP) is 0.991. The largest absolute Gasteiger partial charge is 0.459 e. The Hall–Kier alpha value is -1.14. The van der Waals surface area contributed by atoms with Gasteiger partial charge in [-0.2, -0.15) is 0 Å². The summed E-state index contributed by atoms with van der Waals surface area (Å²) in [5.41, 5.74) is 1.09. The van der Waals surface area contributed by atoms with Gasteiger partial charge in [-0.25, -0.2) is 0 Å². The van der Waals surface area contributed by atoms with Crippen molar-refractivity contribution >= 4 is 0 Å². The molecule has 0 aromatic heterocycles. The topological polar surface area (TPSA) is 79.2 Å². The van der Waals surface area contributed by atoms with E-state index in [0.717, 1.165) is 18.4 Å². The van der Waals surface area contributed by atoms with Gasteiger partial charge in [0.25, 0.3) is 0 Å². The second-order valence-electron chi connectivity index (χ2n) is 5.88. The fourth-order valence-electron chi connectivity index (χ4n) is 3.28. The molecule has 1 aromatic rings. The standard InChI is InChI=1S/C16H22O5/c17-9-7-12-10-13(18)15(19)16(20-12)8-3-5-11-4-1-2-6-14(11)21-16/h1-2,4,6,12-13,15,17-19H,3,5,7-10H2/t12-,13+,15-,16-/m1/s1. The van der Waals surface area contributed by atoms with Gasteiger partial charge in [-0.05, 0) is 30.9 Å². The van der Waals surface area contributed by atoms with Crippen molar-refractivity contribution in [2.45, 2.75) is 56.2 Å². The minimum atomic E-state index is -1.22. The van der Waals surface area contributed by atoms with E-state index in [0.29, 0.717) is 25.0 Å². The lowest BCUT2D eigenvalue weighted by atomic mass is 9.90. The minimum absolute atomic E-state index is 0.0137. The van der Waals surface area contributed by atoms with Crippen LogP contribution in [0.2, 0.25) is 0 Å². The number of ether oxygens (including phenoxy) is 2. The van der Waals surface area contributed by atoms with Gasteiger partial charge in [0.05, 0.1) is 12.2 Å². The summed E-state index contributed by atoms with van der Waals surface area (Å²) in [6.45, 7) is -0.0137. The first kappa shape index (κ1) is 14.8. The molecule has 0 unspecified atom stereocenters. The molecule has 2 aliphatic heterocycles. The van der Waals surface area contributed by atoms with Crippen LogP contribution in [-0.4, -0.2) is 46.0 Å². The van der Waals surface area contributed by atoms with Crippen molar-refractivity contribution in [2.24, 2.45) is 0 Å². The third-order valence-electron chi connectivity index (χ3n) is 4.36. The van der Waals surface area contributed by atoms with Crippen molar-refractivity contribution in [3.05, 3.63) is 29.8 Å². The van der Waals surface area contributed by atoms with Crippen LogP contribution >= 0.6 is 0 Å². The van der Waals surface area contributed by atoms with Crippen LogP contribution < -0.4 is 4.74 Å². The van der Waals surface area contributed by atoms with E-state index in [9.17, 15) is 10.2 Å². The van der Waals surface area contributed by atoms with Crippen LogP contribution in [0, 0.1) is 0 Å². The molecule has 5 nitrogen and oxygen atoms in total. The third kappa shape index (κ3) is 2.79. The number of aryl methyl sites for hydroxylation is 1. The molecule has 3 rings (SSSR count). The van der Waals surface area contributed by atoms with Gasteiger partial charge >= 0.3 is 0 Å². The Morgan fingerprint density at radius 2 is 2.05 bits per heavy atom. The van der Waals surface area contributed by atoms with Crippen molar-refractivity contribution in [3.8, 4) is 5.75 Å². The highest BCUT2D eigenvalue weighted by molar-refractivity contribution is 5.35. The zero-order valence-electron chi connectivity index (χ0n) is 11.9. The van der Waals surface area contributed by atoms with Crippen LogP contribution in [0.15, 0.2) is 24.3 Å². The summed E-state index contributed by atoms with van der Waals surface area (Å²) in [6, 6.07) is 7.71. The number of para-hydroxylation sites is 1. The Labute approximate surface area is 124 Å². The van der Waals surface area contributed by atoms with Crippen LogP contribution in [0.25, 0.3) is 0 Å². The summed E-state index contributed by atoms with van der Waals surface area (Å²) in [7, 11) is 0. The number of hydrogen-bond acceptors (Lipinski definition) is 5. The number of benzene rings is 1. The van der Waals surface area contributed by atoms with Crippen LogP contribution in [0.3, 0.4) is 0 Å². The fraction of sp³-hybridized carbons (Fsp3) is 0.625. The maximum absolute atomic E-state index is 10.4. The molecule has 1 aromatic carbocycles. The Balaban J connectivity index is 1.90. The van der Waals surface area contributed by atoms with Crippen molar-refractivity contribution in [1.29, 1.82) is 0 Å². The molecular formula is C16H22O5. The summed E-state index contributed by atoms with van der Waals surface area (Å²) in [6.07, 6.45) is 0.631. The molecule has 5 heteroatoms. The number of rotatable bonds is 2. The molecule has 0 amide bonds. The molecule has 0 bridgehead atoms. The van der Waals surface area contributed by atoms with E-state index in [2.05, 4.69) is 0 Å². The third-order valence-corrected chi connectivity index (χ3v) is 4.36. The molecule has 0 saturated carbocycles. The molecule has 1 spiro atoms. The molecule has 0 radical (unpaired) electrons. The van der Waals surface area contributed by atoms with Crippen molar-refractivity contribution in [2.75, 3.05) is 6.61 Å². The van der Waals surface area contributed by atoms with E-state index < -0.39 is 18.0 Å². The zero-order chi connectivity index (χ0) is 14.9. The Bertz CT molecular complexity index is 491. The second-order valence-corrected chi connectivity index (χ2v) is 5.88. The molecule has 2 heterocycles. The van der Waals surface area contributed by atoms with Gasteiger partial charge in [-0.1, -0.05) is 18.2 Å². The summed E-state index contributed by atoms with van der Waals surface area (Å²) in [5, 5.41) is 29.7. The van der Waals surface area contributed by atoms with Crippen LogP contribution in [0.4, 0.5) is 0 Å². The SMILES string of the molecule is OCC[C@@H]1C[C@H](O)[C@@H](O)[C@]2(CCCc3ccccc3O2)O1. The van der Waals surface area contributed by atoms with Gasteiger partial charge in [0.2, 0.25) is 5.79 Å². The van der Waals surface area contributed by atoms with E-state index in [-0.39, 0.29) is 12.7 Å². The van der Waals surface area contributed by atoms with E-state index >= 15 is 0 Å². The predicted molar refractivity (Wildman–Crippen MR) is 75.9 cm³/mol. The first-order chi connectivity index (χ1) is 10.1. The van der Waals surface area contributed by atoms with Gasteiger partial charge < -0.3 is 24.8 Å². The molecule has 21 heavy (non-hydrogen) atoms. The van der Waals surface area contributed by atoms with Crippen LogP contribution in [-0.2, 0) is 11.2 Å². The number of fused-ring (bicyclic) bond motifs is 1. The maximum atomic E-state index is 10.4. The first-order valence-corrected chi connectivity index (χ1v) is 7.56. The number of aliphatic hydroxyl groups excluding tert-OH is 3. The molecule has 1 saturated heterocycles. The normalized spacial score (nSPS) is 35.9. The van der Waals surface area contributed by atoms with Crippen LogP contribution in [0.5, 0.6) is 5.75 Å². The quantitative estimate of drug-likeness (QED) is 0.758. The second kappa shape index (κ2) is 5.93. The maximum Gasteiger partial charge on any atom is 0.239 e. The van der Waals surface area contributed by atoms with Gasteiger partial charge in [0.1, 0.15) is 11.9 Å². The van der Waals surface area contributed by atoms with Gasteiger partial charge in [0.15, 0.2) is 0 Å². The Morgan fingerprint density at radius 1 is 1.24 bits per heavy atom. The van der Waals surface area contributed by atoms with E-state index in [1.165, 1.54) is 0 Å². The Morgan fingerprint density at radius 3 is 2.86 bits per heavy atom. The molecule has 0 aliphatic carbocycles. The summed E-state index contributed by atoms with van der Waals surface area (Å²) in [4.78, 5) is 0. The monoisotopic (exact) mass is 294 g/mol. The fourth-order valence-corrected chi connectivity index (χ4v) is 3.28. The molecule has 1 fully saturated rings. The highest BCUT2D eigenvalue weighted by atomic mass is 16.7. The summed E-state index contributed by atoms with van der Waals surface area (Å²) < 4.78 is 12.0. The van der Waals surface area contributed by atoms with Gasteiger partial charge in [-0.15, -0.1) is 0 Å². The highest BCUT2D eigenvalue weighted by Gasteiger charge is 2.51. The van der Waals surface area contributed by atoms with Crippen molar-refractivity contribution < 1.29 is 24.8 Å². The Kier molecular flexibility index (Phi) is 4.17. The molecular weight excluding hydrogens is 272 g/mol. The molecule has 2 aliphatic rings. The van der Waals surface area contributed by atoms with Crippen molar-refractivity contribution in [3.63, 3.8) is 0 Å². The lowest BCUT2D eigenvalue weighted by Crippen LogP contribution is -2.61. The smallest absolute Gasteiger partial charge is 0.239 e. The van der Waals surface area contributed by atoms with E-state index in [1.807, 2.05) is 24.3 Å². The molecule has 116 valence electrons. The van der Waals surface area contributed by atoms with E-state index in [4.69, 9.17) is 14.6 Å². The van der Waals surface area contributed by atoms with Crippen LogP contribution in [0.1, 0.15) is 31.2 Å². The first-order valence-electron chi connectivity index (χ1n) is 7.56. The number of hydrogen-bond donors (Lipinski definition) is 3. The lowest BCUT2D eigenvalue weighted by Gasteiger charge is -2.46.